The largest absolute Gasteiger partial charge is 0.573 e. The van der Waals surface area contributed by atoms with Gasteiger partial charge in [-0.05, 0) is 12.1 Å². The molecule has 0 fully saturated rings. The molecule has 1 rings (SSSR count). The van der Waals surface area contributed by atoms with Gasteiger partial charge < -0.3 is 4.74 Å². The lowest BCUT2D eigenvalue weighted by molar-refractivity contribution is -0.274. The summed E-state index contributed by atoms with van der Waals surface area (Å²) in [7, 11) is 0. The van der Waals surface area contributed by atoms with Crippen molar-refractivity contribution in [1.82, 2.24) is 0 Å². The second-order valence-electron chi connectivity index (χ2n) is 2.44. The average molecular weight is 243 g/mol. The Morgan fingerprint density at radius 3 is 2.40 bits per heavy atom. The normalized spacial score (nSPS) is 11.3. The van der Waals surface area contributed by atoms with Crippen LogP contribution in [0.2, 0.25) is 5.02 Å². The maximum Gasteiger partial charge on any atom is 0.573 e. The molecule has 1 aromatic carbocycles. The molecule has 15 heavy (non-hydrogen) atoms. The van der Waals surface area contributed by atoms with E-state index in [0.29, 0.717) is 0 Å². The lowest BCUT2D eigenvalue weighted by Gasteiger charge is -2.11. The minimum absolute atomic E-state index is 0.0950. The van der Waals surface area contributed by atoms with Gasteiger partial charge in [0, 0.05) is 0 Å². The molecule has 0 aliphatic heterocycles. The molecule has 0 amide bonds. The van der Waals surface area contributed by atoms with Gasteiger partial charge in [-0.2, -0.15) is 0 Å². The molecule has 2 nitrogen and oxygen atoms in total. The predicted molar refractivity (Wildman–Crippen MR) is 43.5 cm³/mol. The summed E-state index contributed by atoms with van der Waals surface area (Å²) in [6.07, 6.45) is -5.08. The quantitative estimate of drug-likeness (QED) is 0.588. The number of ether oxygens (including phenoxy) is 1. The Balaban J connectivity index is 3.19. The van der Waals surface area contributed by atoms with E-state index in [4.69, 9.17) is 11.6 Å². The third-order valence-corrected chi connectivity index (χ3v) is 1.73. The van der Waals surface area contributed by atoms with Crippen molar-refractivity contribution in [2.24, 2.45) is 0 Å². The monoisotopic (exact) mass is 242 g/mol. The molecule has 0 atom stereocenters. The van der Waals surface area contributed by atoms with Crippen molar-refractivity contribution in [1.29, 1.82) is 0 Å². The number of alkyl halides is 3. The second kappa shape index (κ2) is 4.06. The number of benzene rings is 1. The molecule has 0 radical (unpaired) electrons. The van der Waals surface area contributed by atoms with Crippen molar-refractivity contribution in [3.8, 4) is 5.75 Å². The SMILES string of the molecule is O=Cc1c(OC(F)(F)F)ccc(Cl)c1F. The zero-order chi connectivity index (χ0) is 11.6. The van der Waals surface area contributed by atoms with Crippen LogP contribution < -0.4 is 4.74 Å². The van der Waals surface area contributed by atoms with Gasteiger partial charge in [0.1, 0.15) is 5.75 Å². The maximum absolute atomic E-state index is 13.0. The Hall–Kier alpha value is -1.30. The number of halogens is 5. The van der Waals surface area contributed by atoms with Crippen LogP contribution in [0.3, 0.4) is 0 Å². The van der Waals surface area contributed by atoms with E-state index in [1.54, 1.807) is 0 Å². The van der Waals surface area contributed by atoms with Gasteiger partial charge in [-0.25, -0.2) is 4.39 Å². The fourth-order valence-corrected chi connectivity index (χ4v) is 1.04. The minimum Gasteiger partial charge on any atom is -0.405 e. The summed E-state index contributed by atoms with van der Waals surface area (Å²) in [6.45, 7) is 0. The smallest absolute Gasteiger partial charge is 0.405 e. The van der Waals surface area contributed by atoms with E-state index in [2.05, 4.69) is 4.74 Å². The first-order chi connectivity index (χ1) is 6.85. The van der Waals surface area contributed by atoms with Crippen molar-refractivity contribution in [3.63, 3.8) is 0 Å². The number of carbonyl (C=O) groups is 1. The van der Waals surface area contributed by atoms with Gasteiger partial charge in [0.05, 0.1) is 10.6 Å². The van der Waals surface area contributed by atoms with Gasteiger partial charge in [-0.15, -0.1) is 13.2 Å². The molecule has 82 valence electrons. The van der Waals surface area contributed by atoms with Crippen LogP contribution in [0.4, 0.5) is 17.6 Å². The van der Waals surface area contributed by atoms with E-state index in [-0.39, 0.29) is 6.29 Å². The molecule has 7 heteroatoms. The summed E-state index contributed by atoms with van der Waals surface area (Å²) >= 11 is 5.27. The first-order valence-electron chi connectivity index (χ1n) is 3.54. The van der Waals surface area contributed by atoms with E-state index in [1.807, 2.05) is 0 Å². The molecule has 0 aliphatic carbocycles. The van der Waals surface area contributed by atoms with E-state index in [0.717, 1.165) is 12.1 Å². The van der Waals surface area contributed by atoms with Gasteiger partial charge >= 0.3 is 6.36 Å². The molecule has 0 heterocycles. The molecule has 0 bridgehead atoms. The van der Waals surface area contributed by atoms with Crippen LogP contribution in [0.1, 0.15) is 10.4 Å². The molecule has 0 aromatic heterocycles. The highest BCUT2D eigenvalue weighted by molar-refractivity contribution is 6.31. The number of aldehydes is 1. The van der Waals surface area contributed by atoms with Gasteiger partial charge in [0.2, 0.25) is 0 Å². The highest BCUT2D eigenvalue weighted by Crippen LogP contribution is 2.30. The number of hydrogen-bond acceptors (Lipinski definition) is 2. The molecular weight excluding hydrogens is 240 g/mol. The minimum atomic E-state index is -4.99. The standard InChI is InChI=1S/C8H3ClF4O2/c9-5-1-2-6(15-8(11,12)13)4(3-14)7(5)10/h1-3H. The van der Waals surface area contributed by atoms with Crippen molar-refractivity contribution in [2.75, 3.05) is 0 Å². The molecule has 1 aromatic rings. The fourth-order valence-electron chi connectivity index (χ4n) is 0.872. The van der Waals surface area contributed by atoms with Gasteiger partial charge in [0.25, 0.3) is 0 Å². The average Bonchev–Trinajstić information content (AvgIpc) is 2.10. The van der Waals surface area contributed by atoms with Crippen LogP contribution in [-0.4, -0.2) is 12.6 Å². The van der Waals surface area contributed by atoms with Crippen molar-refractivity contribution in [3.05, 3.63) is 28.5 Å². The van der Waals surface area contributed by atoms with Crippen LogP contribution >= 0.6 is 11.6 Å². The lowest BCUT2D eigenvalue weighted by atomic mass is 10.2. The summed E-state index contributed by atoms with van der Waals surface area (Å²) in [6, 6.07) is 1.63. The van der Waals surface area contributed by atoms with Gasteiger partial charge in [-0.1, -0.05) is 11.6 Å². The van der Waals surface area contributed by atoms with Crippen LogP contribution in [0, 0.1) is 5.82 Å². The summed E-state index contributed by atoms with van der Waals surface area (Å²) in [5, 5.41) is -0.452. The highest BCUT2D eigenvalue weighted by Gasteiger charge is 2.32. The van der Waals surface area contributed by atoms with E-state index in [9.17, 15) is 22.4 Å². The molecule has 0 saturated heterocycles. The van der Waals surface area contributed by atoms with Crippen LogP contribution in [0.25, 0.3) is 0 Å². The summed E-state index contributed by atoms with van der Waals surface area (Å²) in [5.41, 5.74) is -0.861. The van der Waals surface area contributed by atoms with Crippen LogP contribution in [0.15, 0.2) is 12.1 Å². The van der Waals surface area contributed by atoms with Crippen molar-refractivity contribution in [2.45, 2.75) is 6.36 Å². The summed E-state index contributed by atoms with van der Waals surface area (Å²) in [5.74, 6) is -2.16. The molecular formula is C8H3ClF4O2. The van der Waals surface area contributed by atoms with Gasteiger partial charge in [0.15, 0.2) is 12.1 Å². The topological polar surface area (TPSA) is 26.3 Å². The van der Waals surface area contributed by atoms with Crippen molar-refractivity contribution < 1.29 is 27.1 Å². The van der Waals surface area contributed by atoms with E-state index < -0.39 is 28.5 Å². The summed E-state index contributed by atoms with van der Waals surface area (Å²) < 4.78 is 51.8. The number of hydrogen-bond donors (Lipinski definition) is 0. The van der Waals surface area contributed by atoms with E-state index >= 15 is 0 Å². The Labute approximate surface area is 86.4 Å². The molecule has 0 N–H and O–H groups in total. The number of rotatable bonds is 2. The third-order valence-electron chi connectivity index (χ3n) is 1.44. The first-order valence-corrected chi connectivity index (χ1v) is 3.92. The zero-order valence-corrected chi connectivity index (χ0v) is 7.69. The molecule has 0 saturated carbocycles. The maximum atomic E-state index is 13.0. The van der Waals surface area contributed by atoms with Crippen molar-refractivity contribution >= 4 is 17.9 Å². The Morgan fingerprint density at radius 2 is 1.93 bits per heavy atom. The lowest BCUT2D eigenvalue weighted by Crippen LogP contribution is -2.18. The molecule has 0 unspecified atom stereocenters. The van der Waals surface area contributed by atoms with Crippen LogP contribution in [0.5, 0.6) is 5.75 Å². The number of carbonyl (C=O) groups excluding carboxylic acids is 1. The summed E-state index contributed by atoms with van der Waals surface area (Å²) in [4.78, 5) is 10.3. The second-order valence-corrected chi connectivity index (χ2v) is 2.85. The molecule has 0 spiro atoms. The third kappa shape index (κ3) is 2.82. The molecule has 0 aliphatic rings. The van der Waals surface area contributed by atoms with Gasteiger partial charge in [-0.3, -0.25) is 4.79 Å². The zero-order valence-electron chi connectivity index (χ0n) is 6.94. The van der Waals surface area contributed by atoms with E-state index in [1.165, 1.54) is 0 Å². The fraction of sp³-hybridized carbons (Fsp3) is 0.125. The highest BCUT2D eigenvalue weighted by atomic mass is 35.5. The predicted octanol–water partition coefficient (Wildman–Crippen LogP) is 3.19. The Morgan fingerprint density at radius 1 is 1.33 bits per heavy atom. The Kier molecular flexibility index (Phi) is 3.18. The van der Waals surface area contributed by atoms with Crippen LogP contribution in [-0.2, 0) is 0 Å². The Bertz CT molecular complexity index is 389. The first kappa shape index (κ1) is 11.8.